The molecule has 1 rings (SSSR count). The maximum absolute atomic E-state index is 3.49. The zero-order valence-corrected chi connectivity index (χ0v) is 10.3. The minimum Gasteiger partial charge on any atom is -0.315 e. The summed E-state index contributed by atoms with van der Waals surface area (Å²) in [5.41, 5.74) is 0.402. The predicted molar refractivity (Wildman–Crippen MR) is 62.6 cm³/mol. The Labute approximate surface area is 89.1 Å². The summed E-state index contributed by atoms with van der Waals surface area (Å²) < 4.78 is 0. The summed E-state index contributed by atoms with van der Waals surface area (Å²) in [6.45, 7) is 9.41. The van der Waals surface area contributed by atoms with Crippen LogP contribution in [0.5, 0.6) is 0 Å². The van der Waals surface area contributed by atoms with Crippen LogP contribution < -0.4 is 5.32 Å². The number of likely N-dealkylation sites (N-methyl/N-ethyl adjacent to an activating group) is 2. The van der Waals surface area contributed by atoms with Gasteiger partial charge in [-0.1, -0.05) is 13.8 Å². The van der Waals surface area contributed by atoms with Gasteiger partial charge < -0.3 is 5.32 Å². The first-order valence-corrected chi connectivity index (χ1v) is 6.11. The molecule has 2 atom stereocenters. The van der Waals surface area contributed by atoms with E-state index in [0.29, 0.717) is 11.6 Å². The van der Waals surface area contributed by atoms with Gasteiger partial charge in [-0.2, -0.15) is 0 Å². The molecule has 1 saturated carbocycles. The Kier molecular flexibility index (Phi) is 4.39. The highest BCUT2D eigenvalue weighted by atomic mass is 15.2. The van der Waals surface area contributed by atoms with E-state index in [1.54, 1.807) is 0 Å². The maximum Gasteiger partial charge on any atom is 0.0334 e. The number of rotatable bonds is 5. The predicted octanol–water partition coefficient (Wildman–Crippen LogP) is 2.25. The Bertz CT molecular complexity index is 170. The molecule has 1 aliphatic carbocycles. The molecule has 2 unspecified atom stereocenters. The van der Waals surface area contributed by atoms with Crippen LogP contribution in [0, 0.1) is 0 Å². The molecule has 2 heteroatoms. The van der Waals surface area contributed by atoms with Gasteiger partial charge in [-0.05, 0) is 52.7 Å². The first-order valence-electron chi connectivity index (χ1n) is 6.11. The highest BCUT2D eigenvalue weighted by molar-refractivity contribution is 5.01. The molecule has 0 bridgehead atoms. The van der Waals surface area contributed by atoms with Crippen molar-refractivity contribution in [3.63, 3.8) is 0 Å². The van der Waals surface area contributed by atoms with Gasteiger partial charge >= 0.3 is 0 Å². The number of nitrogens with one attached hydrogen (secondary N) is 1. The van der Waals surface area contributed by atoms with Crippen molar-refractivity contribution in [3.8, 4) is 0 Å². The third kappa shape index (κ3) is 2.12. The Morgan fingerprint density at radius 2 is 2.14 bits per heavy atom. The van der Waals surface area contributed by atoms with Gasteiger partial charge in [0, 0.05) is 11.6 Å². The van der Waals surface area contributed by atoms with Crippen LogP contribution in [0.25, 0.3) is 0 Å². The second kappa shape index (κ2) is 5.13. The Morgan fingerprint density at radius 1 is 1.43 bits per heavy atom. The number of hydrogen-bond donors (Lipinski definition) is 1. The first-order chi connectivity index (χ1) is 6.69. The van der Waals surface area contributed by atoms with Crippen LogP contribution in [0.4, 0.5) is 0 Å². The monoisotopic (exact) mass is 198 g/mol. The van der Waals surface area contributed by atoms with E-state index in [2.05, 4.69) is 38.0 Å². The molecule has 1 N–H and O–H groups in total. The molecule has 1 aliphatic rings. The largest absolute Gasteiger partial charge is 0.315 e. The molecule has 14 heavy (non-hydrogen) atoms. The van der Waals surface area contributed by atoms with E-state index in [9.17, 15) is 0 Å². The van der Waals surface area contributed by atoms with Crippen molar-refractivity contribution in [2.24, 2.45) is 0 Å². The first kappa shape index (κ1) is 12.0. The molecule has 0 spiro atoms. The van der Waals surface area contributed by atoms with Crippen LogP contribution in [0.2, 0.25) is 0 Å². The van der Waals surface area contributed by atoms with Gasteiger partial charge in [-0.3, -0.25) is 4.90 Å². The summed E-state index contributed by atoms with van der Waals surface area (Å²) in [6.07, 6.45) is 5.33. The maximum atomic E-state index is 3.49. The average Bonchev–Trinajstić information content (AvgIpc) is 2.56. The molecule has 84 valence electrons. The molecule has 0 radical (unpaired) electrons. The van der Waals surface area contributed by atoms with E-state index in [4.69, 9.17) is 0 Å². The lowest BCUT2D eigenvalue weighted by Crippen LogP contribution is -2.55. The number of hydrogen-bond acceptors (Lipinski definition) is 2. The number of nitrogens with zero attached hydrogens (tertiary/aromatic N) is 1. The second-order valence-corrected chi connectivity index (χ2v) is 4.67. The van der Waals surface area contributed by atoms with Gasteiger partial charge in [0.25, 0.3) is 0 Å². The van der Waals surface area contributed by atoms with Crippen LogP contribution in [0.3, 0.4) is 0 Å². The minimum atomic E-state index is 0.402. The molecule has 0 aromatic heterocycles. The molecule has 0 saturated heterocycles. The molecule has 0 aliphatic heterocycles. The van der Waals surface area contributed by atoms with Crippen LogP contribution in [0.15, 0.2) is 0 Å². The SMILES string of the molecule is CCCN(CC)C1(C)CCCC1NC. The van der Waals surface area contributed by atoms with Gasteiger partial charge in [0.15, 0.2) is 0 Å². The van der Waals surface area contributed by atoms with Crippen molar-refractivity contribution in [2.75, 3.05) is 20.1 Å². The van der Waals surface area contributed by atoms with Gasteiger partial charge in [0.05, 0.1) is 0 Å². The van der Waals surface area contributed by atoms with Gasteiger partial charge in [-0.25, -0.2) is 0 Å². The van der Waals surface area contributed by atoms with Gasteiger partial charge in [0.1, 0.15) is 0 Å². The lowest BCUT2D eigenvalue weighted by atomic mass is 9.93. The Hall–Kier alpha value is -0.0800. The summed E-state index contributed by atoms with van der Waals surface area (Å²) in [6, 6.07) is 0.689. The van der Waals surface area contributed by atoms with Crippen LogP contribution >= 0.6 is 0 Å². The van der Waals surface area contributed by atoms with E-state index < -0.39 is 0 Å². The Morgan fingerprint density at radius 3 is 2.64 bits per heavy atom. The lowest BCUT2D eigenvalue weighted by molar-refractivity contribution is 0.0906. The topological polar surface area (TPSA) is 15.3 Å². The molecular formula is C12H26N2. The quantitative estimate of drug-likeness (QED) is 0.729. The fourth-order valence-corrected chi connectivity index (χ4v) is 3.03. The van der Waals surface area contributed by atoms with Crippen molar-refractivity contribution in [3.05, 3.63) is 0 Å². The summed E-state index contributed by atoms with van der Waals surface area (Å²) in [7, 11) is 2.11. The summed E-state index contributed by atoms with van der Waals surface area (Å²) in [5.74, 6) is 0. The third-order valence-electron chi connectivity index (χ3n) is 3.87. The fraction of sp³-hybridized carbons (Fsp3) is 1.00. The molecule has 0 heterocycles. The van der Waals surface area contributed by atoms with E-state index in [1.807, 2.05) is 0 Å². The second-order valence-electron chi connectivity index (χ2n) is 4.67. The lowest BCUT2D eigenvalue weighted by Gasteiger charge is -2.42. The summed E-state index contributed by atoms with van der Waals surface area (Å²) >= 11 is 0. The van der Waals surface area contributed by atoms with E-state index in [0.717, 1.165) is 0 Å². The van der Waals surface area contributed by atoms with Crippen molar-refractivity contribution < 1.29 is 0 Å². The van der Waals surface area contributed by atoms with Crippen LogP contribution in [0.1, 0.15) is 46.5 Å². The van der Waals surface area contributed by atoms with Crippen molar-refractivity contribution in [1.29, 1.82) is 0 Å². The highest BCUT2D eigenvalue weighted by Gasteiger charge is 2.41. The van der Waals surface area contributed by atoms with Crippen molar-refractivity contribution in [1.82, 2.24) is 10.2 Å². The highest BCUT2D eigenvalue weighted by Crippen LogP contribution is 2.35. The van der Waals surface area contributed by atoms with Crippen LogP contribution in [-0.2, 0) is 0 Å². The van der Waals surface area contributed by atoms with E-state index in [1.165, 1.54) is 38.8 Å². The van der Waals surface area contributed by atoms with E-state index in [-0.39, 0.29) is 0 Å². The molecular weight excluding hydrogens is 172 g/mol. The third-order valence-corrected chi connectivity index (χ3v) is 3.87. The smallest absolute Gasteiger partial charge is 0.0334 e. The van der Waals surface area contributed by atoms with Crippen LogP contribution in [-0.4, -0.2) is 36.6 Å². The summed E-state index contributed by atoms with van der Waals surface area (Å²) in [5, 5.41) is 3.49. The molecule has 2 nitrogen and oxygen atoms in total. The van der Waals surface area contributed by atoms with E-state index >= 15 is 0 Å². The molecule has 0 amide bonds. The molecule has 1 fully saturated rings. The van der Waals surface area contributed by atoms with Crippen molar-refractivity contribution in [2.45, 2.75) is 58.0 Å². The summed E-state index contributed by atoms with van der Waals surface area (Å²) in [4.78, 5) is 2.65. The van der Waals surface area contributed by atoms with Gasteiger partial charge in [0.2, 0.25) is 0 Å². The van der Waals surface area contributed by atoms with Gasteiger partial charge in [-0.15, -0.1) is 0 Å². The minimum absolute atomic E-state index is 0.402. The average molecular weight is 198 g/mol. The zero-order chi connectivity index (χ0) is 10.6. The van der Waals surface area contributed by atoms with Crippen molar-refractivity contribution >= 4 is 0 Å². The Balaban J connectivity index is 2.68. The standard InChI is InChI=1S/C12H26N2/c1-5-10-14(6-2)12(3)9-7-8-11(12)13-4/h11,13H,5-10H2,1-4H3. The molecule has 0 aromatic rings. The normalized spacial score (nSPS) is 32.8. The molecule has 0 aromatic carbocycles. The zero-order valence-electron chi connectivity index (χ0n) is 10.3. The fourth-order valence-electron chi connectivity index (χ4n) is 3.03.